The van der Waals surface area contributed by atoms with Gasteiger partial charge in [0.1, 0.15) is 23.2 Å². The Morgan fingerprint density at radius 2 is 1.17 bits per heavy atom. The molecule has 11 nitrogen and oxygen atoms in total. The molecule has 290 valence electrons. The molecule has 2 aliphatic rings. The van der Waals surface area contributed by atoms with Crippen LogP contribution in [0.4, 0.5) is 0 Å². The predicted molar refractivity (Wildman–Crippen MR) is 214 cm³/mol. The van der Waals surface area contributed by atoms with E-state index in [0.717, 1.165) is 18.1 Å². The average Bonchev–Trinajstić information content (AvgIpc) is 3.26. The molecule has 2 amide bonds. The number of hydrogen-bond acceptors (Lipinski definition) is 10. The molecule has 5 aromatic carbocycles. The molecule has 0 bridgehead atoms. The number of carbonyl (C=O) groups is 5. The van der Waals surface area contributed by atoms with Crippen LogP contribution in [0.2, 0.25) is 0 Å². The van der Waals surface area contributed by atoms with Gasteiger partial charge in [-0.05, 0) is 33.9 Å². The van der Waals surface area contributed by atoms with Crippen molar-refractivity contribution in [1.82, 2.24) is 10.2 Å². The van der Waals surface area contributed by atoms with E-state index >= 15 is 0 Å². The first-order valence-corrected chi connectivity index (χ1v) is 19.5. The van der Waals surface area contributed by atoms with Gasteiger partial charge in [-0.3, -0.25) is 19.3 Å². The Morgan fingerprint density at radius 1 is 0.707 bits per heavy atom. The highest BCUT2D eigenvalue weighted by Gasteiger charge is 2.55. The van der Waals surface area contributed by atoms with E-state index < -0.39 is 59.4 Å². The van der Waals surface area contributed by atoms with Gasteiger partial charge in [0.25, 0.3) is 5.91 Å². The SMILES string of the molecule is CC(=O)OC(C#N)C1=C(C(=O)OC(c2ccccc2)c2ccccc2)N2C(=O)[C@@H](NC(=O)Cc3ccccc3C(=O)OC(c3ccccc3)c3ccccc3)[C@H]2SC1. The number of carbonyl (C=O) groups excluding carboxylic acids is 5. The van der Waals surface area contributed by atoms with Crippen LogP contribution < -0.4 is 5.32 Å². The van der Waals surface area contributed by atoms with Crippen molar-refractivity contribution in [1.29, 1.82) is 5.26 Å². The fourth-order valence-electron chi connectivity index (χ4n) is 6.95. The van der Waals surface area contributed by atoms with Gasteiger partial charge < -0.3 is 19.5 Å². The van der Waals surface area contributed by atoms with Crippen molar-refractivity contribution in [2.75, 3.05) is 5.75 Å². The van der Waals surface area contributed by atoms with Crippen LogP contribution in [-0.2, 0) is 39.8 Å². The van der Waals surface area contributed by atoms with Crippen molar-refractivity contribution in [3.63, 3.8) is 0 Å². The Morgan fingerprint density at radius 3 is 1.66 bits per heavy atom. The normalized spacial score (nSPS) is 16.4. The van der Waals surface area contributed by atoms with Gasteiger partial charge >= 0.3 is 17.9 Å². The maximum absolute atomic E-state index is 14.3. The fourth-order valence-corrected chi connectivity index (χ4v) is 8.32. The Bertz CT molecular complexity index is 2310. The van der Waals surface area contributed by atoms with Crippen LogP contribution in [0.1, 0.15) is 57.3 Å². The monoisotopic (exact) mass is 791 g/mol. The first-order chi connectivity index (χ1) is 28.2. The van der Waals surface area contributed by atoms with Crippen LogP contribution in [0.15, 0.2) is 157 Å². The van der Waals surface area contributed by atoms with Crippen molar-refractivity contribution in [3.8, 4) is 6.07 Å². The molecule has 7 rings (SSSR count). The second kappa shape index (κ2) is 17.9. The minimum atomic E-state index is -1.47. The number of nitriles is 1. The van der Waals surface area contributed by atoms with Gasteiger partial charge in [0.15, 0.2) is 12.2 Å². The highest BCUT2D eigenvalue weighted by Crippen LogP contribution is 2.43. The molecule has 0 saturated carbocycles. The van der Waals surface area contributed by atoms with Gasteiger partial charge in [-0.1, -0.05) is 140 Å². The van der Waals surface area contributed by atoms with Gasteiger partial charge in [-0.15, -0.1) is 11.8 Å². The molecule has 1 saturated heterocycles. The summed E-state index contributed by atoms with van der Waals surface area (Å²) in [6.07, 6.45) is -3.29. The number of benzene rings is 5. The van der Waals surface area contributed by atoms with Crippen molar-refractivity contribution in [2.45, 2.75) is 43.1 Å². The largest absolute Gasteiger partial charge is 0.449 e. The first kappa shape index (κ1) is 39.3. The molecule has 1 N–H and O–H groups in total. The number of hydrogen-bond donors (Lipinski definition) is 1. The standard InChI is InChI=1S/C46H37N3O8S/c1-29(50)55-37(27-47)36-28-58-44-39(43(52)49(44)40(36)46(54)57-42(32-20-10-4-11-21-32)33-22-12-5-13-23-33)48-38(51)26-34-24-14-15-25-35(34)45(53)56-41(30-16-6-2-7-17-30)31-18-8-3-9-19-31/h2-25,37,39,41-42,44H,26,28H2,1H3,(H,48,51)/t37?,39-,44-/m1/s1. The van der Waals surface area contributed by atoms with E-state index in [1.807, 2.05) is 103 Å². The molecular formula is C46H37N3O8S. The Balaban J connectivity index is 1.10. The Labute approximate surface area is 339 Å². The van der Waals surface area contributed by atoms with E-state index in [2.05, 4.69) is 5.32 Å². The number of β-lactam (4-membered cyclic amide) rings is 1. The zero-order valence-corrected chi connectivity index (χ0v) is 32.0. The molecule has 0 aromatic heterocycles. The van der Waals surface area contributed by atoms with Crippen molar-refractivity contribution < 1.29 is 38.2 Å². The summed E-state index contributed by atoms with van der Waals surface area (Å²) in [5.41, 5.74) is 3.36. The zero-order valence-electron chi connectivity index (χ0n) is 31.2. The maximum Gasteiger partial charge on any atom is 0.356 e. The number of fused-ring (bicyclic) bond motifs is 1. The van der Waals surface area contributed by atoms with Gasteiger partial charge in [0, 0.05) is 18.2 Å². The minimum Gasteiger partial charge on any atom is -0.449 e. The van der Waals surface area contributed by atoms with E-state index in [-0.39, 0.29) is 29.0 Å². The summed E-state index contributed by atoms with van der Waals surface area (Å²) in [6, 6.07) is 44.3. The van der Waals surface area contributed by atoms with Crippen LogP contribution in [0.5, 0.6) is 0 Å². The third-order valence-corrected chi connectivity index (χ3v) is 11.0. The highest BCUT2D eigenvalue weighted by atomic mass is 32.2. The molecule has 1 unspecified atom stereocenters. The predicted octanol–water partition coefficient (Wildman–Crippen LogP) is 6.62. The highest BCUT2D eigenvalue weighted by molar-refractivity contribution is 8.00. The maximum atomic E-state index is 14.3. The summed E-state index contributed by atoms with van der Waals surface area (Å²) >= 11 is 1.20. The summed E-state index contributed by atoms with van der Waals surface area (Å²) in [6.45, 7) is 1.14. The number of ether oxygens (including phenoxy) is 3. The first-order valence-electron chi connectivity index (χ1n) is 18.5. The number of esters is 3. The lowest BCUT2D eigenvalue weighted by Gasteiger charge is -2.50. The van der Waals surface area contributed by atoms with E-state index in [4.69, 9.17) is 14.2 Å². The molecule has 0 radical (unpaired) electrons. The second-order valence-corrected chi connectivity index (χ2v) is 14.6. The van der Waals surface area contributed by atoms with Crippen molar-refractivity contribution >= 4 is 41.5 Å². The van der Waals surface area contributed by atoms with Gasteiger partial charge in [-0.25, -0.2) is 9.59 Å². The summed E-state index contributed by atoms with van der Waals surface area (Å²) in [7, 11) is 0. The molecule has 0 spiro atoms. The molecule has 1 fully saturated rings. The van der Waals surface area contributed by atoms with Crippen LogP contribution in [-0.4, -0.2) is 57.9 Å². The smallest absolute Gasteiger partial charge is 0.356 e. The topological polar surface area (TPSA) is 152 Å². The van der Waals surface area contributed by atoms with Crippen LogP contribution in [0.25, 0.3) is 0 Å². The van der Waals surface area contributed by atoms with Gasteiger partial charge in [0.2, 0.25) is 12.0 Å². The molecule has 0 aliphatic carbocycles. The molecule has 3 atom stereocenters. The molecule has 2 heterocycles. The third-order valence-electron chi connectivity index (χ3n) is 9.67. The molecule has 58 heavy (non-hydrogen) atoms. The number of thioether (sulfide) groups is 1. The van der Waals surface area contributed by atoms with Gasteiger partial charge in [0.05, 0.1) is 12.0 Å². The summed E-state index contributed by atoms with van der Waals surface area (Å²) in [5, 5.41) is 12.1. The molecular weight excluding hydrogens is 755 g/mol. The van der Waals surface area contributed by atoms with Crippen LogP contribution in [0, 0.1) is 11.3 Å². The minimum absolute atomic E-state index is 0.0246. The van der Waals surface area contributed by atoms with Crippen LogP contribution >= 0.6 is 11.8 Å². The molecule has 2 aliphatic heterocycles. The number of amides is 2. The Kier molecular flexibility index (Phi) is 12.1. The fraction of sp³-hybridized carbons (Fsp3) is 0.174. The molecule has 5 aromatic rings. The third kappa shape index (κ3) is 8.55. The lowest BCUT2D eigenvalue weighted by Crippen LogP contribution is -2.71. The summed E-state index contributed by atoms with van der Waals surface area (Å²) in [4.78, 5) is 68.8. The zero-order chi connectivity index (χ0) is 40.6. The van der Waals surface area contributed by atoms with E-state index in [9.17, 15) is 29.2 Å². The van der Waals surface area contributed by atoms with E-state index in [0.29, 0.717) is 16.7 Å². The summed E-state index contributed by atoms with van der Waals surface area (Å²) < 4.78 is 17.5. The van der Waals surface area contributed by atoms with E-state index in [1.165, 1.54) is 16.7 Å². The lowest BCUT2D eigenvalue weighted by atomic mass is 9.98. The van der Waals surface area contributed by atoms with E-state index in [1.54, 1.807) is 48.5 Å². The number of rotatable bonds is 13. The van der Waals surface area contributed by atoms with Crippen LogP contribution in [0.3, 0.4) is 0 Å². The number of nitrogens with zero attached hydrogens (tertiary/aromatic N) is 2. The molecule has 12 heteroatoms. The Hall–Kier alpha value is -6.97. The quantitative estimate of drug-likeness (QED) is 0.0783. The van der Waals surface area contributed by atoms with Crippen molar-refractivity contribution in [3.05, 3.63) is 190 Å². The second-order valence-electron chi connectivity index (χ2n) is 13.5. The summed E-state index contributed by atoms with van der Waals surface area (Å²) in [5.74, 6) is -3.41. The number of nitrogens with one attached hydrogen (secondary N) is 1. The van der Waals surface area contributed by atoms with Gasteiger partial charge in [-0.2, -0.15) is 5.26 Å². The lowest BCUT2D eigenvalue weighted by molar-refractivity contribution is -0.155. The van der Waals surface area contributed by atoms with Crippen molar-refractivity contribution in [2.24, 2.45) is 0 Å². The average molecular weight is 792 g/mol.